The molecule has 0 radical (unpaired) electrons. The lowest BCUT2D eigenvalue weighted by atomic mass is 10.00. The molecule has 1 aliphatic carbocycles. The molecule has 1 saturated carbocycles. The number of aliphatic hydroxyl groups is 1. The van der Waals surface area contributed by atoms with Crippen molar-refractivity contribution in [1.29, 1.82) is 0 Å². The number of benzene rings is 2. The minimum absolute atomic E-state index is 0.108. The van der Waals surface area contributed by atoms with E-state index in [1.807, 2.05) is 18.2 Å². The van der Waals surface area contributed by atoms with Crippen molar-refractivity contribution in [3.63, 3.8) is 0 Å². The van der Waals surface area contributed by atoms with Crippen LogP contribution in [-0.2, 0) is 6.61 Å². The molecule has 1 fully saturated rings. The summed E-state index contributed by atoms with van der Waals surface area (Å²) in [6.07, 6.45) is 5.10. The Morgan fingerprint density at radius 1 is 1.33 bits per heavy atom. The number of methoxy groups -OCH3 is 1. The van der Waals surface area contributed by atoms with E-state index in [2.05, 4.69) is 5.32 Å². The lowest BCUT2D eigenvalue weighted by Gasteiger charge is -2.19. The predicted octanol–water partition coefficient (Wildman–Crippen LogP) is 2.73. The number of hydrogen-bond donors (Lipinski definition) is 3. The summed E-state index contributed by atoms with van der Waals surface area (Å²) in [5.74, 6) is -0.0243. The first kappa shape index (κ1) is 18.7. The van der Waals surface area contributed by atoms with Crippen molar-refractivity contribution < 1.29 is 14.6 Å². The van der Waals surface area contributed by atoms with Crippen molar-refractivity contribution in [1.82, 2.24) is 5.32 Å². The summed E-state index contributed by atoms with van der Waals surface area (Å²) in [5, 5.41) is 22.9. The second-order valence-corrected chi connectivity index (χ2v) is 6.43. The summed E-state index contributed by atoms with van der Waals surface area (Å²) in [4.78, 5) is 12.5. The maximum absolute atomic E-state index is 12.5. The van der Waals surface area contributed by atoms with E-state index in [0.717, 1.165) is 24.0 Å². The van der Waals surface area contributed by atoms with Crippen molar-refractivity contribution in [3.05, 3.63) is 70.1 Å². The smallest absolute Gasteiger partial charge is 0.255 e. The van der Waals surface area contributed by atoms with Crippen molar-refractivity contribution in [2.75, 3.05) is 12.8 Å². The van der Waals surface area contributed by atoms with Gasteiger partial charge in [-0.2, -0.15) is 0 Å². The van der Waals surface area contributed by atoms with Gasteiger partial charge in [0.15, 0.2) is 0 Å². The topological polar surface area (TPSA) is 107 Å². The number of nitrogens with zero attached hydrogens (tertiary/aromatic N) is 1. The molecule has 0 bridgehead atoms. The first-order chi connectivity index (χ1) is 13.0. The molecular formula is C21H22N3O3-. The maximum Gasteiger partial charge on any atom is 0.255 e. The molecule has 1 aliphatic rings. The van der Waals surface area contributed by atoms with Gasteiger partial charge in [0.1, 0.15) is 5.75 Å². The van der Waals surface area contributed by atoms with Gasteiger partial charge in [-0.05, 0) is 36.1 Å². The number of allylic oxidation sites excluding steroid dienone is 1. The average molecular weight is 364 g/mol. The van der Waals surface area contributed by atoms with Crippen LogP contribution in [0.5, 0.6) is 5.75 Å². The normalized spacial score (nSPS) is 13.6. The monoisotopic (exact) mass is 364 g/mol. The number of ether oxygens (including phenoxy) is 1. The summed E-state index contributed by atoms with van der Waals surface area (Å²) >= 11 is 0. The molecule has 0 aromatic heterocycles. The summed E-state index contributed by atoms with van der Waals surface area (Å²) < 4.78 is 5.40. The molecule has 1 amide bonds. The van der Waals surface area contributed by atoms with Gasteiger partial charge in [-0.25, -0.2) is 0 Å². The molecule has 2 aromatic rings. The highest BCUT2D eigenvalue weighted by Crippen LogP contribution is 2.31. The Bertz CT molecular complexity index is 902. The van der Waals surface area contributed by atoms with E-state index >= 15 is 0 Å². The number of aliphatic hydroxyl groups excluding tert-OH is 1. The third-order valence-corrected chi connectivity index (χ3v) is 4.45. The van der Waals surface area contributed by atoms with Crippen molar-refractivity contribution in [3.8, 4) is 5.75 Å². The highest BCUT2D eigenvalue weighted by Gasteiger charge is 2.26. The van der Waals surface area contributed by atoms with Gasteiger partial charge < -0.3 is 26.3 Å². The summed E-state index contributed by atoms with van der Waals surface area (Å²) in [6, 6.07) is 10.7. The van der Waals surface area contributed by atoms with Gasteiger partial charge in [0.25, 0.3) is 5.91 Å². The Kier molecular flexibility index (Phi) is 5.57. The Morgan fingerprint density at radius 3 is 2.74 bits per heavy atom. The molecule has 6 nitrogen and oxygen atoms in total. The highest BCUT2D eigenvalue weighted by atomic mass is 16.5. The van der Waals surface area contributed by atoms with Gasteiger partial charge in [0, 0.05) is 17.3 Å². The number of rotatable bonds is 7. The highest BCUT2D eigenvalue weighted by molar-refractivity contribution is 6.19. The van der Waals surface area contributed by atoms with Gasteiger partial charge in [0.2, 0.25) is 0 Å². The number of anilines is 1. The van der Waals surface area contributed by atoms with Crippen molar-refractivity contribution >= 4 is 23.4 Å². The molecule has 0 atom stereocenters. The summed E-state index contributed by atoms with van der Waals surface area (Å²) in [7, 11) is 1.43. The van der Waals surface area contributed by atoms with Gasteiger partial charge >= 0.3 is 0 Å². The maximum atomic E-state index is 12.5. The molecule has 3 rings (SSSR count). The van der Waals surface area contributed by atoms with E-state index in [1.54, 1.807) is 24.3 Å². The Hall–Kier alpha value is -3.12. The predicted molar refractivity (Wildman–Crippen MR) is 107 cm³/mol. The largest absolute Gasteiger partial charge is 0.803 e. The zero-order chi connectivity index (χ0) is 19.4. The minimum atomic E-state index is -0.252. The van der Waals surface area contributed by atoms with E-state index < -0.39 is 0 Å². The van der Waals surface area contributed by atoms with Crippen LogP contribution in [-0.4, -0.2) is 29.9 Å². The van der Waals surface area contributed by atoms with Crippen LogP contribution in [0, 0.1) is 0 Å². The zero-order valence-electron chi connectivity index (χ0n) is 15.1. The Balaban J connectivity index is 1.93. The second kappa shape index (κ2) is 8.05. The van der Waals surface area contributed by atoms with E-state index in [1.165, 1.54) is 13.2 Å². The van der Waals surface area contributed by atoms with Crippen LogP contribution >= 0.6 is 0 Å². The van der Waals surface area contributed by atoms with Crippen LogP contribution in [0.25, 0.3) is 11.5 Å². The van der Waals surface area contributed by atoms with Crippen molar-refractivity contribution in [2.45, 2.75) is 25.5 Å². The fraction of sp³-hybridized carbons (Fsp3) is 0.238. The van der Waals surface area contributed by atoms with Gasteiger partial charge in [0.05, 0.1) is 19.3 Å². The number of carbonyl (C=O) groups excluding carboxylic acids is 1. The summed E-state index contributed by atoms with van der Waals surface area (Å²) in [6.45, 7) is -0.108. The number of amides is 1. The third kappa shape index (κ3) is 4.17. The third-order valence-electron chi connectivity index (χ3n) is 4.45. The van der Waals surface area contributed by atoms with Crippen LogP contribution in [0.2, 0.25) is 0 Å². The molecule has 0 heterocycles. The fourth-order valence-electron chi connectivity index (χ4n) is 2.84. The number of nitrogens with one attached hydrogen (secondary N) is 1. The molecule has 27 heavy (non-hydrogen) atoms. The molecule has 0 aliphatic heterocycles. The van der Waals surface area contributed by atoms with Crippen LogP contribution < -0.4 is 15.8 Å². The lowest BCUT2D eigenvalue weighted by molar-refractivity contribution is 0.0948. The Labute approximate surface area is 158 Å². The molecule has 140 valence electrons. The van der Waals surface area contributed by atoms with E-state index in [0.29, 0.717) is 11.3 Å². The van der Waals surface area contributed by atoms with E-state index in [9.17, 15) is 15.3 Å². The van der Waals surface area contributed by atoms with Crippen LogP contribution in [0.1, 0.15) is 39.9 Å². The van der Waals surface area contributed by atoms with Gasteiger partial charge in [-0.3, -0.25) is 4.79 Å². The number of nitrogens with two attached hydrogens (primary N) is 1. The second-order valence-electron chi connectivity index (χ2n) is 6.43. The molecule has 4 N–H and O–H groups in total. The molecule has 0 spiro atoms. The molecular weight excluding hydrogens is 342 g/mol. The number of hydrogen-bond acceptors (Lipinski definition) is 4. The van der Waals surface area contributed by atoms with Crippen LogP contribution in [0.15, 0.2) is 42.5 Å². The number of carbonyl (C=O) groups is 1. The standard InChI is InChI=1S/C21H22N3O3/c1-27-20-16(21(26)24-15-7-8-15)9-11-18(23)19(20)17(22)10-6-13-4-2-3-5-14(13)12-25/h2-6,9-11,15,25H,7-8,12,23H2,1H3,(H,24,26)/q-1/b10-6+. The lowest BCUT2D eigenvalue weighted by Crippen LogP contribution is -2.26. The fourth-order valence-corrected chi connectivity index (χ4v) is 2.84. The average Bonchev–Trinajstić information content (AvgIpc) is 3.49. The minimum Gasteiger partial charge on any atom is -0.803 e. The van der Waals surface area contributed by atoms with Gasteiger partial charge in [-0.15, -0.1) is 5.71 Å². The zero-order valence-corrected chi connectivity index (χ0v) is 15.1. The first-order valence-corrected chi connectivity index (χ1v) is 8.75. The van der Waals surface area contributed by atoms with Crippen LogP contribution in [0.3, 0.4) is 0 Å². The van der Waals surface area contributed by atoms with E-state index in [-0.39, 0.29) is 35.6 Å². The quantitative estimate of drug-likeness (QED) is 0.519. The van der Waals surface area contributed by atoms with E-state index in [4.69, 9.17) is 10.5 Å². The van der Waals surface area contributed by atoms with Gasteiger partial charge in [-0.1, -0.05) is 36.4 Å². The Morgan fingerprint density at radius 2 is 2.07 bits per heavy atom. The molecule has 6 heteroatoms. The SMILES string of the molecule is COc1c(C(=O)NC2CC2)ccc(N)c1C(=[N-])/C=C/c1ccccc1CO. The molecule has 0 unspecified atom stereocenters. The first-order valence-electron chi connectivity index (χ1n) is 8.75. The summed E-state index contributed by atoms with van der Waals surface area (Å²) in [5.41, 5.74) is 8.30. The number of nitrogen functional groups attached to an aromatic ring is 1. The van der Waals surface area contributed by atoms with Crippen molar-refractivity contribution in [2.24, 2.45) is 0 Å². The molecule has 0 saturated heterocycles. The van der Waals surface area contributed by atoms with Crippen LogP contribution in [0.4, 0.5) is 5.69 Å². The molecule has 2 aromatic carbocycles.